The number of hydrogen-bond acceptors (Lipinski definition) is 6. The van der Waals surface area contributed by atoms with Crippen LogP contribution in [0.3, 0.4) is 0 Å². The molecule has 0 saturated heterocycles. The summed E-state index contributed by atoms with van der Waals surface area (Å²) >= 11 is 0. The van der Waals surface area contributed by atoms with Crippen molar-refractivity contribution in [1.29, 1.82) is 0 Å². The van der Waals surface area contributed by atoms with Crippen LogP contribution in [0.1, 0.15) is 38.2 Å². The number of allylic oxidation sites excluding steroid dienone is 5. The van der Waals surface area contributed by atoms with Gasteiger partial charge in [-0.1, -0.05) is 18.2 Å². The molecule has 2 N–H and O–H groups in total. The van der Waals surface area contributed by atoms with Crippen molar-refractivity contribution in [1.82, 2.24) is 14.6 Å². The molecule has 2 aromatic rings. The molecule has 0 radical (unpaired) electrons. The highest BCUT2D eigenvalue weighted by Crippen LogP contribution is 2.35. The number of hydrogen-bond donors (Lipinski definition) is 2. The molecule has 1 aliphatic heterocycles. The van der Waals surface area contributed by atoms with Gasteiger partial charge in [0.25, 0.3) is 0 Å². The molecule has 5 rings (SSSR count). The van der Waals surface area contributed by atoms with E-state index in [0.717, 1.165) is 35.2 Å². The van der Waals surface area contributed by atoms with Gasteiger partial charge in [-0.2, -0.15) is 4.98 Å². The molecular weight excluding hydrogens is 366 g/mol. The minimum atomic E-state index is -0.596. The Labute approximate surface area is 169 Å². The van der Waals surface area contributed by atoms with Gasteiger partial charge < -0.3 is 15.2 Å². The summed E-state index contributed by atoms with van der Waals surface area (Å²) in [7, 11) is 1.63. The molecule has 7 nitrogen and oxygen atoms in total. The second-order valence-corrected chi connectivity index (χ2v) is 8.37. The Kier molecular flexibility index (Phi) is 4.28. The maximum Gasteiger partial charge on any atom is 0.244 e. The van der Waals surface area contributed by atoms with E-state index < -0.39 is 5.60 Å². The summed E-state index contributed by atoms with van der Waals surface area (Å²) < 4.78 is 7.44. The molecule has 0 spiro atoms. The van der Waals surface area contributed by atoms with Gasteiger partial charge in [-0.25, -0.2) is 4.52 Å². The lowest BCUT2D eigenvalue weighted by Crippen LogP contribution is -2.48. The zero-order valence-electron chi connectivity index (χ0n) is 16.7. The molecule has 7 heteroatoms. The van der Waals surface area contributed by atoms with E-state index in [9.17, 15) is 5.11 Å². The highest BCUT2D eigenvalue weighted by atomic mass is 16.5. The molecule has 0 unspecified atom stereocenters. The normalized spacial score (nSPS) is 28.2. The highest BCUT2D eigenvalue weighted by Gasteiger charge is 2.38. The van der Waals surface area contributed by atoms with Crippen LogP contribution in [0.2, 0.25) is 0 Å². The van der Waals surface area contributed by atoms with Gasteiger partial charge in [-0.3, -0.25) is 4.99 Å². The van der Waals surface area contributed by atoms with Crippen LogP contribution in [0.5, 0.6) is 5.88 Å². The molecule has 2 aromatic heterocycles. The Balaban J connectivity index is 1.50. The summed E-state index contributed by atoms with van der Waals surface area (Å²) in [5, 5.41) is 17.9. The summed E-state index contributed by atoms with van der Waals surface area (Å²) in [4.78, 5) is 9.10. The van der Waals surface area contributed by atoms with Crippen molar-refractivity contribution >= 4 is 22.7 Å². The van der Waals surface area contributed by atoms with E-state index in [0.29, 0.717) is 30.6 Å². The first-order valence-corrected chi connectivity index (χ1v) is 10.0. The first-order valence-electron chi connectivity index (χ1n) is 10.0. The van der Waals surface area contributed by atoms with Crippen LogP contribution in [0, 0.1) is 5.92 Å². The Bertz CT molecular complexity index is 1070. The summed E-state index contributed by atoms with van der Waals surface area (Å²) in [5.41, 5.74) is 3.54. The fourth-order valence-corrected chi connectivity index (χ4v) is 4.42. The molecule has 150 valence electrons. The van der Waals surface area contributed by atoms with Crippen LogP contribution in [-0.2, 0) is 0 Å². The number of methoxy groups -OCH3 is 1. The van der Waals surface area contributed by atoms with E-state index in [1.807, 2.05) is 23.8 Å². The van der Waals surface area contributed by atoms with E-state index in [1.54, 1.807) is 7.11 Å². The van der Waals surface area contributed by atoms with Crippen molar-refractivity contribution in [3.05, 3.63) is 48.3 Å². The SMILES string of the molecule is COc1nc(NC2CC(C)(O)C2)nn2ccc(C3=C[C@@H]4CC=CN=C(C=C3)C4)c12. The summed E-state index contributed by atoms with van der Waals surface area (Å²) in [6.07, 6.45) is 15.8. The first-order chi connectivity index (χ1) is 14.0. The van der Waals surface area contributed by atoms with E-state index in [2.05, 4.69) is 50.8 Å². The molecule has 0 amide bonds. The molecule has 1 atom stereocenters. The number of anilines is 1. The summed E-state index contributed by atoms with van der Waals surface area (Å²) in [5.74, 6) is 1.46. The lowest BCUT2D eigenvalue weighted by Gasteiger charge is -2.41. The molecule has 3 heterocycles. The fourth-order valence-electron chi connectivity index (χ4n) is 4.42. The Morgan fingerprint density at radius 1 is 1.31 bits per heavy atom. The Morgan fingerprint density at radius 3 is 2.97 bits per heavy atom. The van der Waals surface area contributed by atoms with Crippen LogP contribution >= 0.6 is 0 Å². The molecule has 1 saturated carbocycles. The average Bonchev–Trinajstić information content (AvgIpc) is 2.84. The minimum absolute atomic E-state index is 0.173. The van der Waals surface area contributed by atoms with Gasteiger partial charge in [0.05, 0.1) is 12.7 Å². The Hall–Kier alpha value is -2.93. The predicted molar refractivity (Wildman–Crippen MR) is 113 cm³/mol. The number of aliphatic imine (C=N–C) groups is 1. The number of aliphatic hydroxyl groups is 1. The first kappa shape index (κ1) is 18.1. The number of nitrogens with one attached hydrogen (secondary N) is 1. The predicted octanol–water partition coefficient (Wildman–Crippen LogP) is 3.38. The lowest BCUT2D eigenvalue weighted by molar-refractivity contribution is -0.0236. The Morgan fingerprint density at radius 2 is 2.17 bits per heavy atom. The smallest absolute Gasteiger partial charge is 0.244 e. The molecule has 1 fully saturated rings. The van der Waals surface area contributed by atoms with Crippen LogP contribution in [-0.4, -0.2) is 44.2 Å². The van der Waals surface area contributed by atoms with E-state index in [-0.39, 0.29) is 6.04 Å². The van der Waals surface area contributed by atoms with Gasteiger partial charge in [0.15, 0.2) is 0 Å². The molecule has 29 heavy (non-hydrogen) atoms. The molecule has 2 bridgehead atoms. The van der Waals surface area contributed by atoms with Gasteiger partial charge in [-0.05, 0) is 56.2 Å². The summed E-state index contributed by atoms with van der Waals surface area (Å²) in [6, 6.07) is 2.23. The second kappa shape index (κ2) is 6.84. The van der Waals surface area contributed by atoms with Gasteiger partial charge in [0.1, 0.15) is 5.52 Å². The van der Waals surface area contributed by atoms with Crippen LogP contribution in [0.4, 0.5) is 5.95 Å². The molecular formula is C22H25N5O2. The van der Waals surface area contributed by atoms with Crippen molar-refractivity contribution in [2.24, 2.45) is 10.9 Å². The maximum atomic E-state index is 9.95. The number of ether oxygens (including phenoxy) is 1. The molecule has 0 aromatic carbocycles. The maximum absolute atomic E-state index is 9.95. The van der Waals surface area contributed by atoms with Gasteiger partial charge in [0, 0.05) is 29.7 Å². The van der Waals surface area contributed by atoms with Crippen molar-refractivity contribution in [3.8, 4) is 5.88 Å². The van der Waals surface area contributed by atoms with E-state index in [4.69, 9.17) is 4.74 Å². The van der Waals surface area contributed by atoms with E-state index in [1.165, 1.54) is 0 Å². The third-order valence-corrected chi connectivity index (χ3v) is 5.82. The van der Waals surface area contributed by atoms with Crippen molar-refractivity contribution < 1.29 is 9.84 Å². The summed E-state index contributed by atoms with van der Waals surface area (Å²) in [6.45, 7) is 1.85. The van der Waals surface area contributed by atoms with Gasteiger partial charge in [-0.15, -0.1) is 5.10 Å². The standard InChI is InChI=1S/C22H25N5O2/c1-22(28)12-17(13-22)24-21-25-20(29-2)19-18(7-9-27(19)26-21)15-5-6-16-11-14(10-15)4-3-8-23-16/h3,5-10,14,17,28H,4,11-13H2,1-2H3,(H,24,26)/t14-,17?,22?/m0/s1. The third-order valence-electron chi connectivity index (χ3n) is 5.82. The van der Waals surface area contributed by atoms with Crippen molar-refractivity contribution in [3.63, 3.8) is 0 Å². The van der Waals surface area contributed by atoms with E-state index >= 15 is 0 Å². The highest BCUT2D eigenvalue weighted by molar-refractivity contribution is 6.00. The zero-order chi connectivity index (χ0) is 20.0. The number of nitrogens with zero attached hydrogens (tertiary/aromatic N) is 4. The molecule has 2 aliphatic carbocycles. The third kappa shape index (κ3) is 3.46. The van der Waals surface area contributed by atoms with Crippen molar-refractivity contribution in [2.45, 2.75) is 44.2 Å². The number of rotatable bonds is 4. The lowest BCUT2D eigenvalue weighted by atomic mass is 9.77. The largest absolute Gasteiger partial charge is 0.479 e. The topological polar surface area (TPSA) is 84.0 Å². The fraction of sp³-hybridized carbons (Fsp3) is 0.409. The monoisotopic (exact) mass is 391 g/mol. The number of aromatic nitrogens is 3. The zero-order valence-corrected chi connectivity index (χ0v) is 16.7. The van der Waals surface area contributed by atoms with Gasteiger partial charge >= 0.3 is 0 Å². The van der Waals surface area contributed by atoms with Gasteiger partial charge in [0.2, 0.25) is 11.8 Å². The average molecular weight is 391 g/mol. The molecule has 3 aliphatic rings. The minimum Gasteiger partial charge on any atom is -0.479 e. The van der Waals surface area contributed by atoms with Crippen LogP contribution < -0.4 is 10.1 Å². The number of fused-ring (bicyclic) bond motifs is 3. The second-order valence-electron chi connectivity index (χ2n) is 8.37. The van der Waals surface area contributed by atoms with Crippen LogP contribution in [0.25, 0.3) is 11.1 Å². The van der Waals surface area contributed by atoms with Crippen molar-refractivity contribution in [2.75, 3.05) is 12.4 Å². The van der Waals surface area contributed by atoms with Crippen LogP contribution in [0.15, 0.2) is 47.8 Å². The quantitative estimate of drug-likeness (QED) is 0.835.